The molecular formula is C17H24N2O2S. The standard InChI is InChI=1S/C17H24N2O2S/c1-12(19-22(20,21)16-4-2-3-5-18-16)17-9-13-6-14(10-17)8-15(7-13)11-17/h2-5,12-15,19H,6-11H2,1H3. The normalized spacial score (nSPS) is 38.1. The molecule has 4 bridgehead atoms. The molecule has 4 aliphatic rings. The van der Waals surface area contributed by atoms with Crippen LogP contribution in [0.5, 0.6) is 0 Å². The van der Waals surface area contributed by atoms with Crippen LogP contribution < -0.4 is 4.72 Å². The molecule has 4 aliphatic carbocycles. The second kappa shape index (κ2) is 5.03. The molecule has 0 saturated heterocycles. The fraction of sp³-hybridized carbons (Fsp3) is 0.706. The van der Waals surface area contributed by atoms with Crippen molar-refractivity contribution in [1.82, 2.24) is 9.71 Å². The van der Waals surface area contributed by atoms with Crippen LogP contribution in [0.1, 0.15) is 45.4 Å². The molecule has 4 fully saturated rings. The lowest BCUT2D eigenvalue weighted by molar-refractivity contribution is -0.0666. The van der Waals surface area contributed by atoms with Crippen LogP contribution in [-0.2, 0) is 10.0 Å². The maximum Gasteiger partial charge on any atom is 0.258 e. The molecule has 4 nitrogen and oxygen atoms in total. The Balaban J connectivity index is 1.56. The molecule has 4 saturated carbocycles. The van der Waals surface area contributed by atoms with Crippen LogP contribution in [0.3, 0.4) is 0 Å². The highest BCUT2D eigenvalue weighted by Gasteiger charge is 2.53. The fourth-order valence-electron chi connectivity index (χ4n) is 5.63. The zero-order valence-corrected chi connectivity index (χ0v) is 13.8. The van der Waals surface area contributed by atoms with Gasteiger partial charge in [0, 0.05) is 12.2 Å². The van der Waals surface area contributed by atoms with Crippen molar-refractivity contribution < 1.29 is 8.42 Å². The van der Waals surface area contributed by atoms with E-state index in [0.29, 0.717) is 0 Å². The maximum atomic E-state index is 12.6. The van der Waals surface area contributed by atoms with Crippen molar-refractivity contribution in [3.05, 3.63) is 24.4 Å². The summed E-state index contributed by atoms with van der Waals surface area (Å²) in [6, 6.07) is 5.01. The van der Waals surface area contributed by atoms with Gasteiger partial charge < -0.3 is 0 Å². The topological polar surface area (TPSA) is 59.1 Å². The van der Waals surface area contributed by atoms with E-state index in [4.69, 9.17) is 0 Å². The molecule has 0 aromatic carbocycles. The number of hydrogen-bond donors (Lipinski definition) is 1. The second-order valence-corrected chi connectivity index (χ2v) is 9.45. The number of sulfonamides is 1. The highest BCUT2D eigenvalue weighted by atomic mass is 32.2. The largest absolute Gasteiger partial charge is 0.258 e. The number of pyridine rings is 1. The zero-order valence-electron chi connectivity index (χ0n) is 13.0. The monoisotopic (exact) mass is 320 g/mol. The van der Waals surface area contributed by atoms with Crippen LogP contribution in [0.4, 0.5) is 0 Å². The molecule has 5 heteroatoms. The van der Waals surface area contributed by atoms with Gasteiger partial charge in [0.05, 0.1) is 0 Å². The predicted octanol–water partition coefficient (Wildman–Crippen LogP) is 2.96. The van der Waals surface area contributed by atoms with Crippen molar-refractivity contribution in [2.24, 2.45) is 23.2 Å². The van der Waals surface area contributed by atoms with E-state index in [1.165, 1.54) is 44.7 Å². The van der Waals surface area contributed by atoms with Crippen molar-refractivity contribution in [1.29, 1.82) is 0 Å². The highest BCUT2D eigenvalue weighted by Crippen LogP contribution is 2.61. The average Bonchev–Trinajstić information content (AvgIpc) is 2.46. The number of aromatic nitrogens is 1. The molecule has 22 heavy (non-hydrogen) atoms. The van der Waals surface area contributed by atoms with E-state index in [9.17, 15) is 8.42 Å². The second-order valence-electron chi connectivity index (χ2n) is 7.79. The van der Waals surface area contributed by atoms with E-state index in [2.05, 4.69) is 16.6 Å². The Kier molecular flexibility index (Phi) is 3.35. The number of hydrogen-bond acceptors (Lipinski definition) is 3. The minimum Gasteiger partial charge on any atom is -0.243 e. The highest BCUT2D eigenvalue weighted by molar-refractivity contribution is 7.89. The first-order chi connectivity index (χ1) is 10.5. The molecule has 0 radical (unpaired) electrons. The summed E-state index contributed by atoms with van der Waals surface area (Å²) in [5, 5.41) is 0.131. The van der Waals surface area contributed by atoms with Crippen molar-refractivity contribution >= 4 is 10.0 Å². The molecule has 1 aromatic rings. The van der Waals surface area contributed by atoms with Crippen molar-refractivity contribution in [3.63, 3.8) is 0 Å². The van der Waals surface area contributed by atoms with Crippen LogP contribution in [0, 0.1) is 23.2 Å². The van der Waals surface area contributed by atoms with Gasteiger partial charge in [0.25, 0.3) is 10.0 Å². The first-order valence-electron chi connectivity index (χ1n) is 8.40. The summed E-state index contributed by atoms with van der Waals surface area (Å²) < 4.78 is 28.1. The first-order valence-corrected chi connectivity index (χ1v) is 9.88. The van der Waals surface area contributed by atoms with Gasteiger partial charge in [-0.25, -0.2) is 18.1 Å². The molecule has 1 atom stereocenters. The maximum absolute atomic E-state index is 12.6. The summed E-state index contributed by atoms with van der Waals surface area (Å²) in [5.74, 6) is 2.48. The fourth-order valence-corrected chi connectivity index (χ4v) is 6.93. The molecular weight excluding hydrogens is 296 g/mol. The van der Waals surface area contributed by atoms with Crippen LogP contribution >= 0.6 is 0 Å². The van der Waals surface area contributed by atoms with Crippen LogP contribution in [0.2, 0.25) is 0 Å². The van der Waals surface area contributed by atoms with E-state index >= 15 is 0 Å². The summed E-state index contributed by atoms with van der Waals surface area (Å²) >= 11 is 0. The van der Waals surface area contributed by atoms with Crippen LogP contribution in [-0.4, -0.2) is 19.4 Å². The number of nitrogens with zero attached hydrogens (tertiary/aromatic N) is 1. The molecule has 0 spiro atoms. The van der Waals surface area contributed by atoms with Gasteiger partial charge in [0.15, 0.2) is 5.03 Å². The molecule has 1 N–H and O–H groups in total. The Bertz CT molecular complexity index is 621. The third-order valence-corrected chi connectivity index (χ3v) is 7.71. The van der Waals surface area contributed by atoms with Gasteiger partial charge in [-0.05, 0) is 80.8 Å². The minimum absolute atomic E-state index is 0.00657. The predicted molar refractivity (Wildman–Crippen MR) is 84.6 cm³/mol. The summed E-state index contributed by atoms with van der Waals surface area (Å²) in [5.41, 5.74) is 0.177. The van der Waals surface area contributed by atoms with Crippen LogP contribution in [0.15, 0.2) is 29.4 Å². The molecule has 0 amide bonds. The van der Waals surface area contributed by atoms with Gasteiger partial charge in [-0.15, -0.1) is 0 Å². The van der Waals surface area contributed by atoms with Gasteiger partial charge in [-0.1, -0.05) is 6.07 Å². The number of nitrogens with one attached hydrogen (secondary N) is 1. The zero-order chi connectivity index (χ0) is 15.4. The Hall–Kier alpha value is -0.940. The van der Waals surface area contributed by atoms with Gasteiger partial charge in [-0.2, -0.15) is 0 Å². The SMILES string of the molecule is CC(NS(=O)(=O)c1ccccn1)C12CC3CC(CC(C3)C1)C2. The summed E-state index contributed by atoms with van der Waals surface area (Å²) in [6.45, 7) is 2.06. The van der Waals surface area contributed by atoms with Gasteiger partial charge in [0.2, 0.25) is 0 Å². The third kappa shape index (κ3) is 2.38. The van der Waals surface area contributed by atoms with Crippen molar-refractivity contribution in [2.45, 2.75) is 56.5 Å². The van der Waals surface area contributed by atoms with Gasteiger partial charge in [0.1, 0.15) is 0 Å². The molecule has 1 unspecified atom stereocenters. The Labute approximate surface area is 132 Å². The van der Waals surface area contributed by atoms with E-state index in [1.807, 2.05) is 0 Å². The lowest BCUT2D eigenvalue weighted by Crippen LogP contribution is -2.55. The lowest BCUT2D eigenvalue weighted by atomic mass is 9.48. The summed E-state index contributed by atoms with van der Waals surface area (Å²) in [6.07, 6.45) is 9.25. The van der Waals surface area contributed by atoms with E-state index < -0.39 is 10.0 Å². The average molecular weight is 320 g/mol. The summed E-state index contributed by atoms with van der Waals surface area (Å²) in [4.78, 5) is 4.00. The Morgan fingerprint density at radius 3 is 2.23 bits per heavy atom. The van der Waals surface area contributed by atoms with Crippen molar-refractivity contribution in [2.75, 3.05) is 0 Å². The lowest BCUT2D eigenvalue weighted by Gasteiger charge is -2.59. The minimum atomic E-state index is -3.51. The van der Waals surface area contributed by atoms with Gasteiger partial charge >= 0.3 is 0 Å². The van der Waals surface area contributed by atoms with E-state index in [1.54, 1.807) is 18.2 Å². The van der Waals surface area contributed by atoms with Crippen LogP contribution in [0.25, 0.3) is 0 Å². The van der Waals surface area contributed by atoms with E-state index in [-0.39, 0.29) is 16.5 Å². The quantitative estimate of drug-likeness (QED) is 0.928. The Morgan fingerprint density at radius 2 is 1.73 bits per heavy atom. The Morgan fingerprint density at radius 1 is 1.14 bits per heavy atom. The third-order valence-electron chi connectivity index (χ3n) is 6.25. The summed E-state index contributed by atoms with van der Waals surface area (Å²) in [7, 11) is -3.51. The molecule has 120 valence electrons. The molecule has 0 aliphatic heterocycles. The first kappa shape index (κ1) is 14.6. The smallest absolute Gasteiger partial charge is 0.243 e. The van der Waals surface area contributed by atoms with Gasteiger partial charge in [-0.3, -0.25) is 0 Å². The molecule has 1 aromatic heterocycles. The molecule has 5 rings (SSSR count). The van der Waals surface area contributed by atoms with E-state index in [0.717, 1.165) is 17.8 Å². The van der Waals surface area contributed by atoms with Crippen molar-refractivity contribution in [3.8, 4) is 0 Å². The molecule has 1 heterocycles. The number of rotatable bonds is 4.